The number of hydrogen-bond donors (Lipinski definition) is 2. The molecule has 0 unspecified atom stereocenters. The van der Waals surface area contributed by atoms with Crippen LogP contribution in [-0.2, 0) is 0 Å². The van der Waals surface area contributed by atoms with Crippen LogP contribution in [0.15, 0.2) is 12.1 Å². The summed E-state index contributed by atoms with van der Waals surface area (Å²) in [6, 6.07) is 3.17. The monoisotopic (exact) mass is 237 g/mol. The summed E-state index contributed by atoms with van der Waals surface area (Å²) in [6.45, 7) is 0. The van der Waals surface area contributed by atoms with Crippen molar-refractivity contribution in [1.29, 1.82) is 0 Å². The van der Waals surface area contributed by atoms with Crippen molar-refractivity contribution < 1.29 is 14.6 Å². The first-order chi connectivity index (χ1) is 8.17. The Bertz CT molecular complexity index is 402. The standard InChI is InChI=1S/C13H19NO3/c1-16-9-6-10(15)12(11(7-9)17-2)13(14)8-4-3-5-8/h6-8,13,15H,3-5,14H2,1-2H3/t13-/m0/s1. The topological polar surface area (TPSA) is 64.7 Å². The highest BCUT2D eigenvalue weighted by Crippen LogP contribution is 2.44. The van der Waals surface area contributed by atoms with Gasteiger partial charge in [-0.25, -0.2) is 0 Å². The molecule has 1 aliphatic carbocycles. The highest BCUT2D eigenvalue weighted by atomic mass is 16.5. The zero-order valence-electron chi connectivity index (χ0n) is 10.3. The third-order valence-electron chi connectivity index (χ3n) is 3.54. The molecule has 1 aromatic carbocycles. The van der Waals surface area contributed by atoms with Crippen LogP contribution in [0.2, 0.25) is 0 Å². The number of nitrogens with two attached hydrogens (primary N) is 1. The summed E-state index contributed by atoms with van der Waals surface area (Å²) >= 11 is 0. The molecule has 4 nitrogen and oxygen atoms in total. The van der Waals surface area contributed by atoms with E-state index in [4.69, 9.17) is 15.2 Å². The third-order valence-corrected chi connectivity index (χ3v) is 3.54. The van der Waals surface area contributed by atoms with Crippen LogP contribution in [0.3, 0.4) is 0 Å². The number of benzene rings is 1. The van der Waals surface area contributed by atoms with Gasteiger partial charge < -0.3 is 20.3 Å². The lowest BCUT2D eigenvalue weighted by molar-refractivity contribution is 0.254. The van der Waals surface area contributed by atoms with Gasteiger partial charge >= 0.3 is 0 Å². The second kappa shape index (κ2) is 4.84. The SMILES string of the molecule is COc1cc(O)c([C@@H](N)C2CCC2)c(OC)c1. The fourth-order valence-electron chi connectivity index (χ4n) is 2.24. The molecular weight excluding hydrogens is 218 g/mol. The summed E-state index contributed by atoms with van der Waals surface area (Å²) in [7, 11) is 3.13. The number of methoxy groups -OCH3 is 2. The Morgan fingerprint density at radius 2 is 2.00 bits per heavy atom. The minimum Gasteiger partial charge on any atom is -0.507 e. The van der Waals surface area contributed by atoms with Crippen LogP contribution >= 0.6 is 0 Å². The maximum Gasteiger partial charge on any atom is 0.131 e. The molecule has 0 heterocycles. The van der Waals surface area contributed by atoms with E-state index in [0.29, 0.717) is 23.0 Å². The molecule has 0 bridgehead atoms. The number of rotatable bonds is 4. The summed E-state index contributed by atoms with van der Waals surface area (Å²) < 4.78 is 10.4. The first-order valence-electron chi connectivity index (χ1n) is 5.87. The summed E-state index contributed by atoms with van der Waals surface area (Å²) in [6.07, 6.45) is 3.46. The van der Waals surface area contributed by atoms with E-state index in [2.05, 4.69) is 0 Å². The van der Waals surface area contributed by atoms with Gasteiger partial charge in [-0.3, -0.25) is 0 Å². The number of phenolic OH excluding ortho intramolecular Hbond substituents is 1. The second-order valence-corrected chi connectivity index (χ2v) is 4.48. The molecule has 1 atom stereocenters. The largest absolute Gasteiger partial charge is 0.507 e. The number of aromatic hydroxyl groups is 1. The van der Waals surface area contributed by atoms with Crippen LogP contribution in [0, 0.1) is 5.92 Å². The van der Waals surface area contributed by atoms with Crippen molar-refractivity contribution in [3.63, 3.8) is 0 Å². The normalized spacial score (nSPS) is 17.4. The van der Waals surface area contributed by atoms with Crippen molar-refractivity contribution in [2.45, 2.75) is 25.3 Å². The molecule has 0 aromatic heterocycles. The van der Waals surface area contributed by atoms with Gasteiger partial charge in [-0.15, -0.1) is 0 Å². The summed E-state index contributed by atoms with van der Waals surface area (Å²) in [5, 5.41) is 10.0. The Balaban J connectivity index is 2.36. The molecule has 1 saturated carbocycles. The van der Waals surface area contributed by atoms with Crippen molar-refractivity contribution in [3.8, 4) is 17.2 Å². The average Bonchev–Trinajstić information content (AvgIpc) is 2.25. The van der Waals surface area contributed by atoms with E-state index in [1.54, 1.807) is 26.4 Å². The van der Waals surface area contributed by atoms with Crippen molar-refractivity contribution in [3.05, 3.63) is 17.7 Å². The third kappa shape index (κ3) is 2.17. The van der Waals surface area contributed by atoms with Gasteiger partial charge in [0.05, 0.1) is 19.8 Å². The first kappa shape index (κ1) is 12.0. The van der Waals surface area contributed by atoms with Crippen molar-refractivity contribution >= 4 is 0 Å². The number of hydrogen-bond acceptors (Lipinski definition) is 4. The van der Waals surface area contributed by atoms with Crippen LogP contribution < -0.4 is 15.2 Å². The van der Waals surface area contributed by atoms with Gasteiger partial charge in [-0.05, 0) is 18.8 Å². The van der Waals surface area contributed by atoms with Crippen LogP contribution in [0.1, 0.15) is 30.9 Å². The van der Waals surface area contributed by atoms with E-state index >= 15 is 0 Å². The lowest BCUT2D eigenvalue weighted by atomic mass is 9.77. The van der Waals surface area contributed by atoms with Crippen molar-refractivity contribution in [2.24, 2.45) is 11.7 Å². The zero-order chi connectivity index (χ0) is 12.4. The molecule has 94 valence electrons. The van der Waals surface area contributed by atoms with Crippen LogP contribution in [0.5, 0.6) is 17.2 Å². The van der Waals surface area contributed by atoms with Gasteiger partial charge in [0.1, 0.15) is 17.2 Å². The molecular formula is C13H19NO3. The van der Waals surface area contributed by atoms with Crippen molar-refractivity contribution in [2.75, 3.05) is 14.2 Å². The highest BCUT2D eigenvalue weighted by Gasteiger charge is 2.30. The molecule has 0 spiro atoms. The van der Waals surface area contributed by atoms with E-state index in [1.807, 2.05) is 0 Å². The van der Waals surface area contributed by atoms with Crippen LogP contribution in [0.4, 0.5) is 0 Å². The smallest absolute Gasteiger partial charge is 0.131 e. The predicted octanol–water partition coefficient (Wildman–Crippen LogP) is 2.21. The summed E-state index contributed by atoms with van der Waals surface area (Å²) in [5.74, 6) is 1.77. The maximum absolute atomic E-state index is 10.0. The van der Waals surface area contributed by atoms with Crippen LogP contribution in [0.25, 0.3) is 0 Å². The van der Waals surface area contributed by atoms with Gasteiger partial charge in [0, 0.05) is 18.2 Å². The van der Waals surface area contributed by atoms with Gasteiger partial charge in [0.2, 0.25) is 0 Å². The minimum absolute atomic E-state index is 0.153. The molecule has 4 heteroatoms. The molecule has 3 N–H and O–H groups in total. The quantitative estimate of drug-likeness (QED) is 0.842. The molecule has 2 rings (SSSR count). The van der Waals surface area contributed by atoms with Crippen molar-refractivity contribution in [1.82, 2.24) is 0 Å². The average molecular weight is 237 g/mol. The fourth-order valence-corrected chi connectivity index (χ4v) is 2.24. The van der Waals surface area contributed by atoms with E-state index in [9.17, 15) is 5.11 Å². The number of ether oxygens (including phenoxy) is 2. The fraction of sp³-hybridized carbons (Fsp3) is 0.538. The van der Waals surface area contributed by atoms with Gasteiger partial charge in [-0.2, -0.15) is 0 Å². The molecule has 1 aromatic rings. The maximum atomic E-state index is 10.0. The van der Waals surface area contributed by atoms with Gasteiger partial charge in [-0.1, -0.05) is 6.42 Å². The highest BCUT2D eigenvalue weighted by molar-refractivity contribution is 5.51. The zero-order valence-corrected chi connectivity index (χ0v) is 10.3. The molecule has 1 aliphatic rings. The summed E-state index contributed by atoms with van der Waals surface area (Å²) in [5.41, 5.74) is 6.88. The Hall–Kier alpha value is -1.42. The molecule has 1 fully saturated rings. The van der Waals surface area contributed by atoms with Gasteiger partial charge in [0.25, 0.3) is 0 Å². The van der Waals surface area contributed by atoms with E-state index < -0.39 is 0 Å². The Morgan fingerprint density at radius 1 is 1.29 bits per heavy atom. The lowest BCUT2D eigenvalue weighted by Gasteiger charge is -2.32. The molecule has 0 radical (unpaired) electrons. The molecule has 0 aliphatic heterocycles. The van der Waals surface area contributed by atoms with E-state index in [0.717, 1.165) is 12.8 Å². The first-order valence-corrected chi connectivity index (χ1v) is 5.87. The van der Waals surface area contributed by atoms with E-state index in [1.165, 1.54) is 6.42 Å². The predicted molar refractivity (Wildman–Crippen MR) is 65.5 cm³/mol. The van der Waals surface area contributed by atoms with Crippen LogP contribution in [-0.4, -0.2) is 19.3 Å². The lowest BCUT2D eigenvalue weighted by Crippen LogP contribution is -2.27. The summed E-state index contributed by atoms with van der Waals surface area (Å²) in [4.78, 5) is 0. The minimum atomic E-state index is -0.162. The Kier molecular flexibility index (Phi) is 3.43. The Labute approximate surface area is 101 Å². The van der Waals surface area contributed by atoms with Gasteiger partial charge in [0.15, 0.2) is 0 Å². The molecule has 17 heavy (non-hydrogen) atoms. The number of phenols is 1. The Morgan fingerprint density at radius 3 is 2.47 bits per heavy atom. The molecule has 0 saturated heterocycles. The van der Waals surface area contributed by atoms with E-state index in [-0.39, 0.29) is 11.8 Å². The molecule has 0 amide bonds. The second-order valence-electron chi connectivity index (χ2n) is 4.48.